The van der Waals surface area contributed by atoms with Gasteiger partial charge in [0.05, 0.1) is 17.0 Å². The molecule has 9 heteroatoms. The van der Waals surface area contributed by atoms with E-state index in [1.807, 2.05) is 0 Å². The fourth-order valence-electron chi connectivity index (χ4n) is 3.14. The molecular formula is C20H12ClFN2O3S2. The molecule has 2 aliphatic rings. The Bertz CT molecular complexity index is 1070. The molecule has 2 aromatic rings. The lowest BCUT2D eigenvalue weighted by atomic mass is 10.2. The molecule has 2 saturated heterocycles. The average Bonchev–Trinajstić information content (AvgIpc) is 3.12. The van der Waals surface area contributed by atoms with Gasteiger partial charge in [-0.2, -0.15) is 0 Å². The summed E-state index contributed by atoms with van der Waals surface area (Å²) >= 11 is 12.3. The van der Waals surface area contributed by atoms with Crippen molar-refractivity contribution in [1.29, 1.82) is 0 Å². The van der Waals surface area contributed by atoms with Crippen molar-refractivity contribution in [3.8, 4) is 0 Å². The largest absolute Gasteiger partial charge is 0.280 e. The first kappa shape index (κ1) is 19.8. The zero-order chi connectivity index (χ0) is 20.7. The van der Waals surface area contributed by atoms with Crippen LogP contribution >= 0.6 is 35.6 Å². The second kappa shape index (κ2) is 7.70. The molecule has 1 atom stereocenters. The number of benzene rings is 2. The number of hydrogen-bond donors (Lipinski definition) is 0. The fourth-order valence-corrected chi connectivity index (χ4v) is 4.62. The van der Waals surface area contributed by atoms with Gasteiger partial charge in [0.2, 0.25) is 5.91 Å². The Kier molecular flexibility index (Phi) is 5.24. The SMILES string of the molecule is O=C1C[C@H](N2C(=O)/C(=C/c3ccc(Cl)cc3)SC2=S)C(=O)N1c1ccc(F)cc1. The molecule has 2 fully saturated rings. The minimum atomic E-state index is -1.02. The number of hydrogen-bond acceptors (Lipinski definition) is 5. The van der Waals surface area contributed by atoms with E-state index >= 15 is 0 Å². The second-order valence-corrected chi connectivity index (χ2v) is 8.48. The molecule has 146 valence electrons. The first-order valence-electron chi connectivity index (χ1n) is 8.50. The van der Waals surface area contributed by atoms with E-state index in [2.05, 4.69) is 0 Å². The summed E-state index contributed by atoms with van der Waals surface area (Å²) in [6, 6.07) is 10.9. The zero-order valence-electron chi connectivity index (χ0n) is 14.7. The summed E-state index contributed by atoms with van der Waals surface area (Å²) in [4.78, 5) is 40.8. The van der Waals surface area contributed by atoms with Crippen LogP contribution in [0, 0.1) is 5.82 Å². The molecule has 4 rings (SSSR count). The van der Waals surface area contributed by atoms with Crippen molar-refractivity contribution in [3.05, 3.63) is 69.8 Å². The van der Waals surface area contributed by atoms with E-state index in [4.69, 9.17) is 23.8 Å². The van der Waals surface area contributed by atoms with Crippen molar-refractivity contribution >= 4 is 69.4 Å². The Morgan fingerprint density at radius 3 is 2.38 bits per heavy atom. The molecular weight excluding hydrogens is 435 g/mol. The van der Waals surface area contributed by atoms with Crippen LogP contribution in [0.3, 0.4) is 0 Å². The normalized spacial score (nSPS) is 21.0. The van der Waals surface area contributed by atoms with Crippen molar-refractivity contribution in [2.24, 2.45) is 0 Å². The van der Waals surface area contributed by atoms with Crippen LogP contribution < -0.4 is 4.90 Å². The predicted molar refractivity (Wildman–Crippen MR) is 114 cm³/mol. The zero-order valence-corrected chi connectivity index (χ0v) is 17.1. The van der Waals surface area contributed by atoms with E-state index in [9.17, 15) is 18.8 Å². The number of carbonyl (C=O) groups excluding carboxylic acids is 3. The summed E-state index contributed by atoms with van der Waals surface area (Å²) in [6.45, 7) is 0. The van der Waals surface area contributed by atoms with Crippen LogP contribution in [0.1, 0.15) is 12.0 Å². The molecule has 0 unspecified atom stereocenters. The van der Waals surface area contributed by atoms with E-state index in [1.54, 1.807) is 30.3 Å². The maximum absolute atomic E-state index is 13.2. The topological polar surface area (TPSA) is 57.7 Å². The number of carbonyl (C=O) groups is 3. The third kappa shape index (κ3) is 3.71. The highest BCUT2D eigenvalue weighted by atomic mass is 35.5. The Hall–Kier alpha value is -2.55. The minimum absolute atomic E-state index is 0.184. The highest BCUT2D eigenvalue weighted by Crippen LogP contribution is 2.37. The monoisotopic (exact) mass is 446 g/mol. The van der Waals surface area contributed by atoms with Gasteiger partial charge in [0.1, 0.15) is 16.2 Å². The molecule has 0 radical (unpaired) electrons. The van der Waals surface area contributed by atoms with E-state index in [0.717, 1.165) is 34.4 Å². The number of amides is 3. The Labute approximate surface area is 180 Å². The Morgan fingerprint density at radius 1 is 1.07 bits per heavy atom. The molecule has 2 aliphatic heterocycles. The quantitative estimate of drug-likeness (QED) is 0.405. The average molecular weight is 447 g/mol. The molecule has 2 aromatic carbocycles. The second-order valence-electron chi connectivity index (χ2n) is 6.37. The molecule has 0 aromatic heterocycles. The molecule has 3 amide bonds. The van der Waals surface area contributed by atoms with E-state index in [1.165, 1.54) is 17.0 Å². The molecule has 0 N–H and O–H groups in total. The van der Waals surface area contributed by atoms with Crippen LogP contribution in [0.4, 0.5) is 10.1 Å². The lowest BCUT2D eigenvalue weighted by Crippen LogP contribution is -2.44. The number of nitrogens with zero attached hydrogens (tertiary/aromatic N) is 2. The van der Waals surface area contributed by atoms with Crippen molar-refractivity contribution < 1.29 is 18.8 Å². The Morgan fingerprint density at radius 2 is 1.72 bits per heavy atom. The minimum Gasteiger partial charge on any atom is -0.280 e. The number of thiocarbonyl (C=S) groups is 1. The highest BCUT2D eigenvalue weighted by Gasteiger charge is 2.48. The summed E-state index contributed by atoms with van der Waals surface area (Å²) in [5.41, 5.74) is 1.02. The van der Waals surface area contributed by atoms with Gasteiger partial charge >= 0.3 is 0 Å². The van der Waals surface area contributed by atoms with Gasteiger partial charge in [0.15, 0.2) is 0 Å². The number of anilines is 1. The van der Waals surface area contributed by atoms with Crippen LogP contribution in [-0.4, -0.2) is 33.0 Å². The predicted octanol–water partition coefficient (Wildman–Crippen LogP) is 4.01. The van der Waals surface area contributed by atoms with Gasteiger partial charge in [0.25, 0.3) is 11.8 Å². The molecule has 29 heavy (non-hydrogen) atoms. The third-order valence-corrected chi connectivity index (χ3v) is 6.09. The van der Waals surface area contributed by atoms with Crippen LogP contribution in [0.5, 0.6) is 0 Å². The van der Waals surface area contributed by atoms with Crippen molar-refractivity contribution in [2.45, 2.75) is 12.5 Å². The van der Waals surface area contributed by atoms with Crippen molar-refractivity contribution in [2.75, 3.05) is 4.90 Å². The van der Waals surface area contributed by atoms with Crippen LogP contribution in [0.15, 0.2) is 53.4 Å². The molecule has 2 heterocycles. The van der Waals surface area contributed by atoms with E-state index in [0.29, 0.717) is 9.93 Å². The highest BCUT2D eigenvalue weighted by molar-refractivity contribution is 8.26. The lowest BCUT2D eigenvalue weighted by Gasteiger charge is -2.21. The van der Waals surface area contributed by atoms with Gasteiger partial charge in [-0.05, 0) is 48.0 Å². The van der Waals surface area contributed by atoms with Crippen LogP contribution in [0.25, 0.3) is 6.08 Å². The van der Waals surface area contributed by atoms with Crippen LogP contribution in [0.2, 0.25) is 5.02 Å². The van der Waals surface area contributed by atoms with E-state index < -0.39 is 29.6 Å². The summed E-state index contributed by atoms with van der Waals surface area (Å²) in [6.07, 6.45) is 1.48. The molecule has 0 aliphatic carbocycles. The van der Waals surface area contributed by atoms with Gasteiger partial charge in [0, 0.05) is 5.02 Å². The van der Waals surface area contributed by atoms with Gasteiger partial charge in [-0.3, -0.25) is 19.3 Å². The van der Waals surface area contributed by atoms with Gasteiger partial charge in [-0.1, -0.05) is 47.7 Å². The molecule has 0 saturated carbocycles. The lowest BCUT2D eigenvalue weighted by molar-refractivity contribution is -0.129. The number of imide groups is 1. The first-order chi connectivity index (χ1) is 13.8. The molecule has 5 nitrogen and oxygen atoms in total. The van der Waals surface area contributed by atoms with Crippen molar-refractivity contribution in [3.63, 3.8) is 0 Å². The summed E-state index contributed by atoms with van der Waals surface area (Å²) in [5.74, 6) is -1.94. The van der Waals surface area contributed by atoms with Crippen LogP contribution in [-0.2, 0) is 14.4 Å². The number of rotatable bonds is 3. The van der Waals surface area contributed by atoms with Crippen molar-refractivity contribution in [1.82, 2.24) is 4.90 Å². The molecule has 0 spiro atoms. The first-order valence-corrected chi connectivity index (χ1v) is 10.1. The summed E-state index contributed by atoms with van der Waals surface area (Å²) < 4.78 is 13.4. The maximum Gasteiger partial charge on any atom is 0.266 e. The van der Waals surface area contributed by atoms with E-state index in [-0.39, 0.29) is 16.4 Å². The van der Waals surface area contributed by atoms with Gasteiger partial charge < -0.3 is 0 Å². The molecule has 0 bridgehead atoms. The van der Waals surface area contributed by atoms with Gasteiger partial charge in [-0.15, -0.1) is 0 Å². The summed E-state index contributed by atoms with van der Waals surface area (Å²) in [5, 5.41) is 0.575. The smallest absolute Gasteiger partial charge is 0.266 e. The standard InChI is InChI=1S/C20H12ClFN2O3S2/c21-12-3-1-11(2-4-12)9-16-19(27)24(20(28)29-16)15-10-17(25)23(18(15)26)14-7-5-13(22)6-8-14/h1-9,15H,10H2/b16-9-/t15-/m0/s1. The number of halogens is 2. The number of thioether (sulfide) groups is 1. The summed E-state index contributed by atoms with van der Waals surface area (Å²) in [7, 11) is 0. The third-order valence-electron chi connectivity index (χ3n) is 4.51. The maximum atomic E-state index is 13.2. The fraction of sp³-hybridized carbons (Fsp3) is 0.100. The van der Waals surface area contributed by atoms with Gasteiger partial charge in [-0.25, -0.2) is 9.29 Å². The Balaban J connectivity index is 1.59.